The number of alkyl halides is 3. The van der Waals surface area contributed by atoms with Gasteiger partial charge in [-0.05, 0) is 41.9 Å². The Hall–Kier alpha value is -1.56. The molecule has 1 heterocycles. The molecule has 2 fully saturated rings. The van der Waals surface area contributed by atoms with Crippen LogP contribution >= 0.6 is 0 Å². The average molecular weight is 383 g/mol. The number of carboxylic acids is 1. The highest BCUT2D eigenvalue weighted by Gasteiger charge is 2.34. The lowest BCUT2D eigenvalue weighted by molar-refractivity contribution is -0.139. The topological polar surface area (TPSA) is 40.5 Å². The second-order valence-corrected chi connectivity index (χ2v) is 8.25. The minimum Gasteiger partial charge on any atom is -0.481 e. The third-order valence-corrected chi connectivity index (χ3v) is 6.11. The molecule has 1 aromatic carbocycles. The summed E-state index contributed by atoms with van der Waals surface area (Å²) >= 11 is 0. The molecule has 1 saturated heterocycles. The third kappa shape index (κ3) is 5.71. The maximum Gasteiger partial charge on any atom is 0.416 e. The van der Waals surface area contributed by atoms with E-state index in [4.69, 9.17) is 0 Å². The largest absolute Gasteiger partial charge is 0.481 e. The zero-order chi connectivity index (χ0) is 19.4. The quantitative estimate of drug-likeness (QED) is 0.760. The Morgan fingerprint density at radius 2 is 1.70 bits per heavy atom. The van der Waals surface area contributed by atoms with Gasteiger partial charge in [0.05, 0.1) is 5.56 Å². The van der Waals surface area contributed by atoms with Crippen LogP contribution in [-0.2, 0) is 17.5 Å². The molecular weight excluding hydrogens is 355 g/mol. The molecule has 27 heavy (non-hydrogen) atoms. The van der Waals surface area contributed by atoms with Crippen LogP contribution in [0, 0.1) is 17.8 Å². The van der Waals surface area contributed by atoms with Crippen LogP contribution in [-0.4, -0.2) is 29.1 Å². The van der Waals surface area contributed by atoms with Gasteiger partial charge in [0.1, 0.15) is 0 Å². The highest BCUT2D eigenvalue weighted by Crippen LogP contribution is 2.38. The van der Waals surface area contributed by atoms with E-state index < -0.39 is 17.7 Å². The van der Waals surface area contributed by atoms with Crippen LogP contribution in [0.5, 0.6) is 0 Å². The van der Waals surface area contributed by atoms with Gasteiger partial charge in [0.25, 0.3) is 0 Å². The summed E-state index contributed by atoms with van der Waals surface area (Å²) in [5.41, 5.74) is 0.218. The first kappa shape index (κ1) is 20.2. The Labute approximate surface area is 158 Å². The van der Waals surface area contributed by atoms with Gasteiger partial charge in [0.2, 0.25) is 0 Å². The van der Waals surface area contributed by atoms with Crippen molar-refractivity contribution in [2.24, 2.45) is 17.8 Å². The summed E-state index contributed by atoms with van der Waals surface area (Å²) in [6.45, 7) is 2.20. The standard InChI is InChI=1S/C21H28F3NO2/c22-21(23,24)19-8-6-15(7-9-19)12-25-13-16(11-20(26)27)10-18(14-25)17-4-2-1-3-5-17/h6-9,16-18H,1-5,10-14H2,(H,26,27)/t16-,18-/m0/s1. The molecule has 0 aromatic heterocycles. The van der Waals surface area contributed by atoms with Gasteiger partial charge in [-0.15, -0.1) is 0 Å². The van der Waals surface area contributed by atoms with E-state index >= 15 is 0 Å². The molecule has 0 bridgehead atoms. The summed E-state index contributed by atoms with van der Waals surface area (Å²) in [7, 11) is 0. The Kier molecular flexibility index (Phi) is 6.45. The molecule has 0 radical (unpaired) electrons. The van der Waals surface area contributed by atoms with Crippen molar-refractivity contribution in [2.45, 2.75) is 57.7 Å². The molecule has 3 rings (SSSR count). The first-order chi connectivity index (χ1) is 12.8. The van der Waals surface area contributed by atoms with Gasteiger partial charge >= 0.3 is 12.1 Å². The molecule has 0 unspecified atom stereocenters. The second-order valence-electron chi connectivity index (χ2n) is 8.25. The number of nitrogens with zero attached hydrogens (tertiary/aromatic N) is 1. The smallest absolute Gasteiger partial charge is 0.416 e. The van der Waals surface area contributed by atoms with E-state index in [2.05, 4.69) is 4.90 Å². The highest BCUT2D eigenvalue weighted by atomic mass is 19.4. The first-order valence-corrected chi connectivity index (χ1v) is 9.91. The van der Waals surface area contributed by atoms with Crippen molar-refractivity contribution in [1.82, 2.24) is 4.90 Å². The van der Waals surface area contributed by atoms with Crippen LogP contribution in [0.1, 0.15) is 56.1 Å². The molecule has 6 heteroatoms. The van der Waals surface area contributed by atoms with E-state index in [0.717, 1.165) is 30.7 Å². The lowest BCUT2D eigenvalue weighted by Gasteiger charge is -2.42. The van der Waals surface area contributed by atoms with E-state index in [9.17, 15) is 23.1 Å². The number of likely N-dealkylation sites (tertiary alicyclic amines) is 1. The third-order valence-electron chi connectivity index (χ3n) is 6.11. The second kappa shape index (κ2) is 8.63. The minimum absolute atomic E-state index is 0.123. The first-order valence-electron chi connectivity index (χ1n) is 9.91. The number of hydrogen-bond acceptors (Lipinski definition) is 2. The molecule has 0 spiro atoms. The number of carbonyl (C=O) groups is 1. The Morgan fingerprint density at radius 3 is 2.30 bits per heavy atom. The van der Waals surface area contributed by atoms with Crippen molar-refractivity contribution in [1.29, 1.82) is 0 Å². The van der Waals surface area contributed by atoms with Crippen molar-refractivity contribution >= 4 is 5.97 Å². The Bertz CT molecular complexity index is 623. The zero-order valence-corrected chi connectivity index (χ0v) is 15.5. The SMILES string of the molecule is O=C(O)C[C@@H]1C[C@H](C2CCCCC2)CN(Cc2ccc(C(F)(F)F)cc2)C1. The van der Waals surface area contributed by atoms with Crippen molar-refractivity contribution in [2.75, 3.05) is 13.1 Å². The number of piperidine rings is 1. The Balaban J connectivity index is 1.67. The van der Waals surface area contributed by atoms with Crippen LogP contribution in [0.15, 0.2) is 24.3 Å². The van der Waals surface area contributed by atoms with Gasteiger partial charge < -0.3 is 5.11 Å². The van der Waals surface area contributed by atoms with Gasteiger partial charge in [0.15, 0.2) is 0 Å². The molecule has 1 aromatic rings. The fourth-order valence-corrected chi connectivity index (χ4v) is 4.88. The van der Waals surface area contributed by atoms with Crippen LogP contribution in [0.4, 0.5) is 13.2 Å². The van der Waals surface area contributed by atoms with Crippen molar-refractivity contribution in [3.05, 3.63) is 35.4 Å². The average Bonchev–Trinajstić information content (AvgIpc) is 2.61. The molecule has 3 nitrogen and oxygen atoms in total. The predicted molar refractivity (Wildman–Crippen MR) is 97.1 cm³/mol. The van der Waals surface area contributed by atoms with E-state index in [1.54, 1.807) is 12.1 Å². The molecule has 1 N–H and O–H groups in total. The van der Waals surface area contributed by atoms with E-state index in [-0.39, 0.29) is 12.3 Å². The van der Waals surface area contributed by atoms with Crippen molar-refractivity contribution < 1.29 is 23.1 Å². The number of rotatable bonds is 5. The molecular formula is C21H28F3NO2. The number of hydrogen-bond donors (Lipinski definition) is 1. The Morgan fingerprint density at radius 1 is 1.04 bits per heavy atom. The fraction of sp³-hybridized carbons (Fsp3) is 0.667. The normalized spacial score (nSPS) is 25.4. The summed E-state index contributed by atoms with van der Waals surface area (Å²) in [6, 6.07) is 5.34. The van der Waals surface area contributed by atoms with Crippen LogP contribution in [0.25, 0.3) is 0 Å². The minimum atomic E-state index is -4.32. The molecule has 0 amide bonds. The van der Waals surface area contributed by atoms with Crippen molar-refractivity contribution in [3.63, 3.8) is 0 Å². The number of halogens is 3. The number of aliphatic carboxylic acids is 1. The predicted octanol–water partition coefficient (Wildman–Crippen LogP) is 5.20. The van der Waals surface area contributed by atoms with Crippen LogP contribution < -0.4 is 0 Å². The molecule has 1 saturated carbocycles. The lowest BCUT2D eigenvalue weighted by Crippen LogP contribution is -2.43. The van der Waals surface area contributed by atoms with Crippen molar-refractivity contribution in [3.8, 4) is 0 Å². The van der Waals surface area contributed by atoms with E-state index in [1.165, 1.54) is 32.1 Å². The zero-order valence-electron chi connectivity index (χ0n) is 15.5. The molecule has 150 valence electrons. The summed E-state index contributed by atoms with van der Waals surface area (Å²) in [5.74, 6) is 0.514. The summed E-state index contributed by atoms with van der Waals surface area (Å²) in [5, 5.41) is 9.22. The van der Waals surface area contributed by atoms with Gasteiger partial charge in [-0.1, -0.05) is 44.2 Å². The van der Waals surface area contributed by atoms with Gasteiger partial charge in [-0.25, -0.2) is 0 Å². The fourth-order valence-electron chi connectivity index (χ4n) is 4.88. The maximum absolute atomic E-state index is 12.7. The van der Waals surface area contributed by atoms with Crippen LogP contribution in [0.3, 0.4) is 0 Å². The highest BCUT2D eigenvalue weighted by molar-refractivity contribution is 5.67. The maximum atomic E-state index is 12.7. The van der Waals surface area contributed by atoms with E-state index in [1.807, 2.05) is 0 Å². The monoisotopic (exact) mass is 383 g/mol. The lowest BCUT2D eigenvalue weighted by atomic mass is 9.73. The number of benzene rings is 1. The van der Waals surface area contributed by atoms with Gasteiger partial charge in [-0.3, -0.25) is 9.69 Å². The summed E-state index contributed by atoms with van der Waals surface area (Å²) < 4.78 is 38.2. The van der Waals surface area contributed by atoms with Crippen LogP contribution in [0.2, 0.25) is 0 Å². The number of carboxylic acid groups (broad SMARTS) is 1. The molecule has 1 aliphatic heterocycles. The van der Waals surface area contributed by atoms with Gasteiger partial charge in [0, 0.05) is 26.1 Å². The molecule has 2 aliphatic rings. The molecule has 1 aliphatic carbocycles. The summed E-state index contributed by atoms with van der Waals surface area (Å²) in [6.07, 6.45) is 3.05. The summed E-state index contributed by atoms with van der Waals surface area (Å²) in [4.78, 5) is 13.5. The van der Waals surface area contributed by atoms with E-state index in [0.29, 0.717) is 24.9 Å². The van der Waals surface area contributed by atoms with Gasteiger partial charge in [-0.2, -0.15) is 13.2 Å². The molecule has 2 atom stereocenters.